The first kappa shape index (κ1) is 18.6. The van der Waals surface area contributed by atoms with Crippen molar-refractivity contribution in [2.75, 3.05) is 19.7 Å². The Hall–Kier alpha value is -2.17. The molecule has 2 N–H and O–H groups in total. The highest BCUT2D eigenvalue weighted by Gasteiger charge is 2.27. The number of nitrogens with zero attached hydrogens (tertiary/aromatic N) is 1. The van der Waals surface area contributed by atoms with Crippen molar-refractivity contribution in [1.82, 2.24) is 4.90 Å². The summed E-state index contributed by atoms with van der Waals surface area (Å²) < 4.78 is 6.00. The van der Waals surface area contributed by atoms with Crippen LogP contribution in [0.25, 0.3) is 0 Å². The quantitative estimate of drug-likeness (QED) is 0.868. The zero-order valence-corrected chi connectivity index (χ0v) is 15.4. The third kappa shape index (κ3) is 4.93. The second-order valence-corrected chi connectivity index (χ2v) is 7.02. The van der Waals surface area contributed by atoms with Crippen LogP contribution in [0.2, 0.25) is 0 Å². The lowest BCUT2D eigenvalue weighted by molar-refractivity contribution is -0.135. The normalized spacial score (nSPS) is 16.5. The van der Waals surface area contributed by atoms with E-state index >= 15 is 0 Å². The number of benzene rings is 2. The topological polar surface area (TPSA) is 55.6 Å². The Balaban J connectivity index is 1.42. The summed E-state index contributed by atoms with van der Waals surface area (Å²) in [5.74, 6) is 0.0107. The van der Waals surface area contributed by atoms with Crippen LogP contribution in [0.1, 0.15) is 35.6 Å². The van der Waals surface area contributed by atoms with Crippen molar-refractivity contribution < 1.29 is 9.53 Å². The number of aryl methyl sites for hydroxylation is 1. The summed E-state index contributed by atoms with van der Waals surface area (Å²) in [6.07, 6.45) is 2.92. The van der Waals surface area contributed by atoms with E-state index in [-0.39, 0.29) is 12.0 Å². The molecule has 1 aliphatic heterocycles. The molecule has 0 spiro atoms. The van der Waals surface area contributed by atoms with Gasteiger partial charge >= 0.3 is 0 Å². The number of amides is 1. The maximum absolute atomic E-state index is 12.6. The first-order valence-electron chi connectivity index (χ1n) is 9.40. The minimum atomic E-state index is -0.578. The first-order valence-corrected chi connectivity index (χ1v) is 9.40. The van der Waals surface area contributed by atoms with Crippen molar-refractivity contribution >= 4 is 5.91 Å². The third-order valence-corrected chi connectivity index (χ3v) is 5.04. The zero-order valence-electron chi connectivity index (χ0n) is 15.4. The fourth-order valence-corrected chi connectivity index (χ4v) is 3.34. The average Bonchev–Trinajstić information content (AvgIpc) is 2.69. The molecular weight excluding hydrogens is 324 g/mol. The van der Waals surface area contributed by atoms with Gasteiger partial charge < -0.3 is 15.4 Å². The van der Waals surface area contributed by atoms with Gasteiger partial charge in [-0.25, -0.2) is 0 Å². The minimum absolute atomic E-state index is 0.0107. The number of rotatable bonds is 6. The Morgan fingerprint density at radius 1 is 1.12 bits per heavy atom. The van der Waals surface area contributed by atoms with Gasteiger partial charge in [0, 0.05) is 13.1 Å². The highest BCUT2D eigenvalue weighted by atomic mass is 16.5. The molecular formula is C22H28N2O2. The Kier molecular flexibility index (Phi) is 6.42. The largest absolute Gasteiger partial charge is 0.378 e. The smallest absolute Gasteiger partial charge is 0.244 e. The number of carbonyl (C=O) groups is 1. The highest BCUT2D eigenvalue weighted by molar-refractivity contribution is 5.83. The third-order valence-electron chi connectivity index (χ3n) is 5.04. The number of hydrogen-bond donors (Lipinski definition) is 1. The molecule has 0 aliphatic carbocycles. The van der Waals surface area contributed by atoms with Gasteiger partial charge in [0.15, 0.2) is 0 Å². The van der Waals surface area contributed by atoms with Gasteiger partial charge in [0.05, 0.1) is 12.7 Å². The summed E-state index contributed by atoms with van der Waals surface area (Å²) >= 11 is 0. The van der Waals surface area contributed by atoms with Gasteiger partial charge in [0.25, 0.3) is 0 Å². The molecule has 1 saturated heterocycles. The maximum Gasteiger partial charge on any atom is 0.244 e. The Morgan fingerprint density at radius 2 is 1.77 bits per heavy atom. The van der Waals surface area contributed by atoms with Crippen molar-refractivity contribution in [2.45, 2.75) is 38.3 Å². The van der Waals surface area contributed by atoms with E-state index < -0.39 is 6.04 Å². The zero-order chi connectivity index (χ0) is 18.4. The van der Waals surface area contributed by atoms with Gasteiger partial charge in [-0.05, 0) is 37.3 Å². The first-order chi connectivity index (χ1) is 12.6. The number of ether oxygens (including phenoxy) is 1. The molecule has 4 heteroatoms. The molecule has 0 radical (unpaired) electrons. The molecule has 26 heavy (non-hydrogen) atoms. The molecule has 4 nitrogen and oxygen atoms in total. The van der Waals surface area contributed by atoms with Crippen molar-refractivity contribution in [1.29, 1.82) is 0 Å². The van der Waals surface area contributed by atoms with Gasteiger partial charge in [0.2, 0.25) is 5.91 Å². The summed E-state index contributed by atoms with van der Waals surface area (Å²) in [5, 5.41) is 0. The number of hydrogen-bond acceptors (Lipinski definition) is 3. The van der Waals surface area contributed by atoms with Crippen LogP contribution in [0.3, 0.4) is 0 Å². The van der Waals surface area contributed by atoms with E-state index in [4.69, 9.17) is 10.5 Å². The van der Waals surface area contributed by atoms with Gasteiger partial charge in [-0.15, -0.1) is 0 Å². The molecule has 1 heterocycles. The second kappa shape index (κ2) is 8.97. The van der Waals surface area contributed by atoms with Crippen molar-refractivity contribution in [2.24, 2.45) is 5.73 Å². The van der Waals surface area contributed by atoms with Crippen LogP contribution in [0, 0.1) is 6.92 Å². The van der Waals surface area contributed by atoms with Crippen molar-refractivity contribution in [3.05, 3.63) is 71.3 Å². The minimum Gasteiger partial charge on any atom is -0.378 e. The SMILES string of the molecule is Cc1ccc(C(N)C(=O)N2CCC(OCCc3ccccc3)CC2)cc1. The number of carbonyl (C=O) groups excluding carboxylic acids is 1. The predicted molar refractivity (Wildman–Crippen MR) is 104 cm³/mol. The summed E-state index contributed by atoms with van der Waals surface area (Å²) in [5.41, 5.74) is 9.52. The molecule has 2 aromatic carbocycles. The fourth-order valence-electron chi connectivity index (χ4n) is 3.34. The van der Waals surface area contributed by atoms with Crippen LogP contribution in [-0.2, 0) is 16.0 Å². The van der Waals surface area contributed by atoms with E-state index in [9.17, 15) is 4.79 Å². The molecule has 3 rings (SSSR count). The standard InChI is InChI=1S/C22H28N2O2/c1-17-7-9-19(10-8-17)21(23)22(25)24-14-11-20(12-15-24)26-16-13-18-5-3-2-4-6-18/h2-10,20-21H,11-16,23H2,1H3. The van der Waals surface area contributed by atoms with Crippen LogP contribution in [0.15, 0.2) is 54.6 Å². The number of likely N-dealkylation sites (tertiary alicyclic amines) is 1. The predicted octanol–water partition coefficient (Wildman–Crippen LogP) is 3.25. The van der Waals surface area contributed by atoms with E-state index in [1.54, 1.807) is 0 Å². The molecule has 1 atom stereocenters. The van der Waals surface area contributed by atoms with Gasteiger partial charge in [-0.3, -0.25) is 4.79 Å². The summed E-state index contributed by atoms with van der Waals surface area (Å²) in [6, 6.07) is 17.7. The van der Waals surface area contributed by atoms with E-state index in [0.717, 1.165) is 31.4 Å². The van der Waals surface area contributed by atoms with E-state index in [1.165, 1.54) is 11.1 Å². The second-order valence-electron chi connectivity index (χ2n) is 7.02. The van der Waals surface area contributed by atoms with Crippen LogP contribution in [0.5, 0.6) is 0 Å². The summed E-state index contributed by atoms with van der Waals surface area (Å²) in [4.78, 5) is 14.5. The number of nitrogens with two attached hydrogens (primary N) is 1. The monoisotopic (exact) mass is 352 g/mol. The van der Waals surface area contributed by atoms with E-state index in [0.29, 0.717) is 13.1 Å². The maximum atomic E-state index is 12.6. The Bertz CT molecular complexity index is 692. The van der Waals surface area contributed by atoms with E-state index in [1.807, 2.05) is 42.2 Å². The molecule has 138 valence electrons. The Morgan fingerprint density at radius 3 is 2.42 bits per heavy atom. The van der Waals surface area contributed by atoms with E-state index in [2.05, 4.69) is 24.3 Å². The van der Waals surface area contributed by atoms with Gasteiger partial charge in [-0.1, -0.05) is 60.2 Å². The summed E-state index contributed by atoms with van der Waals surface area (Å²) in [6.45, 7) is 4.19. The lowest BCUT2D eigenvalue weighted by atomic mass is 10.0. The molecule has 0 saturated carbocycles. The molecule has 1 unspecified atom stereocenters. The molecule has 0 aromatic heterocycles. The molecule has 2 aromatic rings. The lowest BCUT2D eigenvalue weighted by Crippen LogP contribution is -2.45. The van der Waals surface area contributed by atoms with Crippen molar-refractivity contribution in [3.8, 4) is 0 Å². The summed E-state index contributed by atoms with van der Waals surface area (Å²) in [7, 11) is 0. The van der Waals surface area contributed by atoms with Crippen LogP contribution in [-0.4, -0.2) is 36.6 Å². The van der Waals surface area contributed by atoms with Gasteiger partial charge in [-0.2, -0.15) is 0 Å². The molecule has 1 amide bonds. The fraction of sp³-hybridized carbons (Fsp3) is 0.409. The van der Waals surface area contributed by atoms with Crippen LogP contribution >= 0.6 is 0 Å². The number of piperidine rings is 1. The molecule has 1 aliphatic rings. The van der Waals surface area contributed by atoms with Crippen LogP contribution in [0.4, 0.5) is 0 Å². The Labute approximate surface area is 156 Å². The molecule has 0 bridgehead atoms. The average molecular weight is 352 g/mol. The van der Waals surface area contributed by atoms with Gasteiger partial charge in [0.1, 0.15) is 6.04 Å². The highest BCUT2D eigenvalue weighted by Crippen LogP contribution is 2.19. The van der Waals surface area contributed by atoms with Crippen LogP contribution < -0.4 is 5.73 Å². The molecule has 1 fully saturated rings. The van der Waals surface area contributed by atoms with Crippen molar-refractivity contribution in [3.63, 3.8) is 0 Å². The lowest BCUT2D eigenvalue weighted by Gasteiger charge is -2.33.